The van der Waals surface area contributed by atoms with Gasteiger partial charge < -0.3 is 25.6 Å². The summed E-state index contributed by atoms with van der Waals surface area (Å²) in [6, 6.07) is 10.5. The third kappa shape index (κ3) is 6.90. The molecule has 18 nitrogen and oxygen atoms in total. The predicted octanol–water partition coefficient (Wildman–Crippen LogP) is 2.72. The van der Waals surface area contributed by atoms with Gasteiger partial charge in [0.05, 0.1) is 29.6 Å². The Morgan fingerprint density at radius 3 is 2.22 bits per heavy atom. The number of anilines is 2. The first kappa shape index (κ1) is 32.7. The highest BCUT2D eigenvalue weighted by atomic mass is 19.1. The van der Waals surface area contributed by atoms with Gasteiger partial charge >= 0.3 is 11.9 Å². The fourth-order valence-corrected chi connectivity index (χ4v) is 4.97. The molecule has 0 aliphatic carbocycles. The summed E-state index contributed by atoms with van der Waals surface area (Å²) in [6.45, 7) is 0. The number of hydrogen-bond acceptors (Lipinski definition) is 12. The topological polar surface area (TPSA) is 242 Å². The highest BCUT2D eigenvalue weighted by Crippen LogP contribution is 2.30. The van der Waals surface area contributed by atoms with E-state index in [0.29, 0.717) is 11.4 Å². The van der Waals surface area contributed by atoms with Crippen molar-refractivity contribution < 1.29 is 38.5 Å². The number of aryl methyl sites for hydroxylation is 2. The molecule has 0 saturated heterocycles. The van der Waals surface area contributed by atoms with Crippen LogP contribution in [0.3, 0.4) is 0 Å². The highest BCUT2D eigenvalue weighted by Gasteiger charge is 2.21. The first-order valence-corrected chi connectivity index (χ1v) is 14.6. The van der Waals surface area contributed by atoms with Crippen molar-refractivity contribution in [3.63, 3.8) is 0 Å². The Morgan fingerprint density at radius 1 is 0.840 bits per heavy atom. The highest BCUT2D eigenvalue weighted by molar-refractivity contribution is 6.08. The van der Waals surface area contributed by atoms with Crippen molar-refractivity contribution >= 4 is 40.8 Å². The molecule has 6 rings (SSSR count). The maximum atomic E-state index is 15.1. The predicted molar refractivity (Wildman–Crippen MR) is 169 cm³/mol. The van der Waals surface area contributed by atoms with Crippen molar-refractivity contribution in [3.05, 3.63) is 107 Å². The summed E-state index contributed by atoms with van der Waals surface area (Å²) in [5.74, 6) is -4.41. The maximum absolute atomic E-state index is 15.1. The van der Waals surface area contributed by atoms with Gasteiger partial charge in [-0.2, -0.15) is 0 Å². The number of aromatic carboxylic acids is 2. The van der Waals surface area contributed by atoms with Crippen LogP contribution in [0.1, 0.15) is 59.2 Å². The zero-order valence-corrected chi connectivity index (χ0v) is 25.8. The number of amides is 2. The molecule has 0 aliphatic rings. The number of benzene rings is 2. The second-order valence-electron chi connectivity index (χ2n) is 10.6. The lowest BCUT2D eigenvalue weighted by molar-refractivity contribution is 0.0686. The Kier molecular flexibility index (Phi) is 9.10. The fourth-order valence-electron chi connectivity index (χ4n) is 4.97. The summed E-state index contributed by atoms with van der Waals surface area (Å²) < 4.78 is 23.2. The van der Waals surface area contributed by atoms with E-state index in [0.717, 1.165) is 10.7 Å². The number of hydrogen-bond donors (Lipinski definition) is 4. The molecular weight excluding hydrogens is 657 g/mol. The Labute approximate surface area is 279 Å². The molecule has 0 atom stereocenters. The number of carboxylic acid groups (broad SMARTS) is 2. The van der Waals surface area contributed by atoms with Gasteiger partial charge in [0.2, 0.25) is 0 Å². The van der Waals surface area contributed by atoms with Gasteiger partial charge in [-0.05, 0) is 83.3 Å². The van der Waals surface area contributed by atoms with Crippen LogP contribution >= 0.6 is 0 Å². The monoisotopic (exact) mass is 681 g/mol. The second kappa shape index (κ2) is 13.9. The number of imidazole rings is 1. The van der Waals surface area contributed by atoms with Crippen LogP contribution in [0.5, 0.6) is 5.75 Å². The van der Waals surface area contributed by atoms with Crippen molar-refractivity contribution in [2.45, 2.75) is 19.3 Å². The summed E-state index contributed by atoms with van der Waals surface area (Å²) in [7, 11) is 1.37. The Bertz CT molecular complexity index is 2260. The lowest BCUT2D eigenvalue weighted by Gasteiger charge is -2.15. The number of halogens is 1. The summed E-state index contributed by atoms with van der Waals surface area (Å²) in [6.07, 6.45) is 5.26. The first-order valence-electron chi connectivity index (χ1n) is 14.6. The molecule has 4 N–H and O–H groups in total. The molecule has 0 saturated carbocycles. The van der Waals surface area contributed by atoms with E-state index >= 15 is 4.39 Å². The molecule has 4 heterocycles. The van der Waals surface area contributed by atoms with E-state index < -0.39 is 35.1 Å². The third-order valence-electron chi connectivity index (χ3n) is 7.41. The van der Waals surface area contributed by atoms with Crippen molar-refractivity contribution in [3.8, 4) is 11.6 Å². The number of fused-ring (bicyclic) bond motifs is 1. The summed E-state index contributed by atoms with van der Waals surface area (Å²) >= 11 is 0. The van der Waals surface area contributed by atoms with Gasteiger partial charge in [0.1, 0.15) is 17.9 Å². The van der Waals surface area contributed by atoms with Crippen LogP contribution in [0.15, 0.2) is 67.3 Å². The molecule has 0 unspecified atom stereocenters. The standard InChI is InChI=1S/C31H24FN11O7/c1-50-25-14-24(35-28(44)21-5-7-26(37-36-21)42-10-9-33-15-42)18(30(46)47)11-17(25)4-2-3-16-12-23(19(31(48)49)13-20(16)32)34-29(45)22-6-8-27-38-40-41-43(27)39-22/h5-15H,2-4H2,1H3,(H,34,45)(H,35,44)(H,46,47)(H,48,49). The van der Waals surface area contributed by atoms with Crippen LogP contribution in [0.2, 0.25) is 0 Å². The second-order valence-corrected chi connectivity index (χ2v) is 10.6. The van der Waals surface area contributed by atoms with Crippen LogP contribution in [0, 0.1) is 5.82 Å². The van der Waals surface area contributed by atoms with Gasteiger partial charge in [-0.1, -0.05) is 0 Å². The molecule has 0 aliphatic heterocycles. The van der Waals surface area contributed by atoms with Gasteiger partial charge in [-0.25, -0.2) is 19.0 Å². The minimum absolute atomic E-state index is 0.0482. The Morgan fingerprint density at radius 2 is 1.54 bits per heavy atom. The average molecular weight is 682 g/mol. The number of nitrogens with one attached hydrogen (secondary N) is 2. The van der Waals surface area contributed by atoms with Crippen LogP contribution in [0.4, 0.5) is 15.8 Å². The van der Waals surface area contributed by atoms with E-state index in [4.69, 9.17) is 4.74 Å². The van der Waals surface area contributed by atoms with Gasteiger partial charge in [0.15, 0.2) is 22.9 Å². The maximum Gasteiger partial charge on any atom is 0.337 e. The summed E-state index contributed by atoms with van der Waals surface area (Å²) in [5, 5.41) is 47.2. The number of tetrazole rings is 1. The molecule has 4 aromatic heterocycles. The van der Waals surface area contributed by atoms with Gasteiger partial charge in [0, 0.05) is 18.5 Å². The van der Waals surface area contributed by atoms with Crippen molar-refractivity contribution in [2.75, 3.05) is 17.7 Å². The molecular formula is C31H24FN11O7. The Balaban J connectivity index is 1.17. The van der Waals surface area contributed by atoms with Gasteiger partial charge in [0.25, 0.3) is 11.8 Å². The number of nitrogens with zero attached hydrogens (tertiary/aromatic N) is 9. The molecule has 252 valence electrons. The van der Waals surface area contributed by atoms with E-state index in [9.17, 15) is 29.4 Å². The molecule has 2 amide bonds. The largest absolute Gasteiger partial charge is 0.496 e. The number of aromatic nitrogens is 9. The van der Waals surface area contributed by atoms with Crippen molar-refractivity contribution in [2.24, 2.45) is 0 Å². The molecule has 19 heteroatoms. The minimum Gasteiger partial charge on any atom is -0.496 e. The van der Waals surface area contributed by atoms with E-state index in [-0.39, 0.29) is 64.5 Å². The van der Waals surface area contributed by atoms with Crippen LogP contribution in [-0.2, 0) is 12.8 Å². The lowest BCUT2D eigenvalue weighted by Crippen LogP contribution is -2.18. The van der Waals surface area contributed by atoms with Crippen molar-refractivity contribution in [1.82, 2.24) is 45.0 Å². The van der Waals surface area contributed by atoms with E-state index in [1.54, 1.807) is 23.0 Å². The molecule has 50 heavy (non-hydrogen) atoms. The molecule has 0 fully saturated rings. The molecule has 0 bridgehead atoms. The third-order valence-corrected chi connectivity index (χ3v) is 7.41. The molecule has 0 spiro atoms. The number of carboxylic acids is 2. The molecule has 0 radical (unpaired) electrons. The zero-order valence-electron chi connectivity index (χ0n) is 25.8. The summed E-state index contributed by atoms with van der Waals surface area (Å²) in [4.78, 5) is 53.8. The smallest absolute Gasteiger partial charge is 0.337 e. The Hall–Kier alpha value is -7.18. The van der Waals surface area contributed by atoms with Gasteiger partial charge in [-0.15, -0.1) is 25.0 Å². The van der Waals surface area contributed by atoms with Crippen LogP contribution in [0.25, 0.3) is 11.5 Å². The zero-order chi connectivity index (χ0) is 35.4. The summed E-state index contributed by atoms with van der Waals surface area (Å²) in [5.41, 5.74) is -0.276. The number of carbonyl (C=O) groups excluding carboxylic acids is 2. The minimum atomic E-state index is -1.47. The van der Waals surface area contributed by atoms with E-state index in [2.05, 4.69) is 46.4 Å². The number of methoxy groups -OCH3 is 1. The van der Waals surface area contributed by atoms with Crippen LogP contribution in [-0.4, -0.2) is 86.1 Å². The number of carbonyl (C=O) groups is 4. The molecule has 6 aromatic rings. The van der Waals surface area contributed by atoms with Gasteiger partial charge in [-0.3, -0.25) is 14.2 Å². The van der Waals surface area contributed by atoms with Crippen LogP contribution < -0.4 is 15.4 Å². The fraction of sp³-hybridized carbons (Fsp3) is 0.129. The normalized spacial score (nSPS) is 10.9. The lowest BCUT2D eigenvalue weighted by atomic mass is 9.98. The molecule has 2 aromatic carbocycles. The quantitative estimate of drug-likeness (QED) is 0.145. The van der Waals surface area contributed by atoms with Crippen molar-refractivity contribution in [1.29, 1.82) is 0 Å². The number of ether oxygens (including phenoxy) is 1. The number of rotatable bonds is 12. The van der Waals surface area contributed by atoms with E-state index in [1.807, 2.05) is 0 Å². The van der Waals surface area contributed by atoms with E-state index in [1.165, 1.54) is 49.8 Å². The average Bonchev–Trinajstić information content (AvgIpc) is 3.82. The first-order chi connectivity index (χ1) is 24.1. The SMILES string of the molecule is COc1cc(NC(=O)c2ccc(-n3ccnc3)nn2)c(C(=O)O)cc1CCCc1cc(NC(=O)c2ccc3nnnn3n2)c(C(=O)O)cc1F.